The number of nitrogens with one attached hydrogen (secondary N) is 1. The second kappa shape index (κ2) is 2.39. The molecule has 1 atom stereocenters. The number of allylic oxidation sites excluding steroid dienone is 4. The van der Waals surface area contributed by atoms with Gasteiger partial charge in [0.1, 0.15) is 5.76 Å². The molecule has 2 heteroatoms. The molecule has 2 heterocycles. The lowest BCUT2D eigenvalue weighted by molar-refractivity contribution is 0.349. The minimum atomic E-state index is 0.296. The third-order valence-electron chi connectivity index (χ3n) is 2.44. The van der Waals surface area contributed by atoms with E-state index in [4.69, 9.17) is 4.74 Å². The van der Waals surface area contributed by atoms with E-state index in [1.807, 2.05) is 18.4 Å². The van der Waals surface area contributed by atoms with E-state index in [2.05, 4.69) is 23.5 Å². The van der Waals surface area contributed by atoms with Gasteiger partial charge in [0.25, 0.3) is 0 Å². The fraction of sp³-hybridized carbons (Fsp3) is 0.0909. The van der Waals surface area contributed by atoms with E-state index in [0.717, 1.165) is 5.76 Å². The van der Waals surface area contributed by atoms with E-state index in [-0.39, 0.29) is 0 Å². The zero-order valence-corrected chi connectivity index (χ0v) is 7.03. The summed E-state index contributed by atoms with van der Waals surface area (Å²) in [5, 5.41) is 3.29. The lowest BCUT2D eigenvalue weighted by Crippen LogP contribution is -2.27. The van der Waals surface area contributed by atoms with Crippen molar-refractivity contribution in [2.24, 2.45) is 0 Å². The van der Waals surface area contributed by atoms with Crippen molar-refractivity contribution in [1.29, 1.82) is 0 Å². The molecule has 0 bridgehead atoms. The van der Waals surface area contributed by atoms with Crippen molar-refractivity contribution in [3.05, 3.63) is 59.7 Å². The molecule has 64 valence electrons. The average molecular weight is 171 g/mol. The second-order valence-corrected chi connectivity index (χ2v) is 3.20. The summed E-state index contributed by atoms with van der Waals surface area (Å²) in [5.74, 6) is 0.951. The third-order valence-corrected chi connectivity index (χ3v) is 2.44. The Morgan fingerprint density at radius 2 is 2.23 bits per heavy atom. The maximum Gasteiger partial charge on any atom is 0.132 e. The average Bonchev–Trinajstić information content (AvgIpc) is 2.65. The molecule has 3 rings (SSSR count). The van der Waals surface area contributed by atoms with Crippen LogP contribution in [0.3, 0.4) is 0 Å². The Morgan fingerprint density at radius 3 is 3.23 bits per heavy atom. The van der Waals surface area contributed by atoms with Gasteiger partial charge in [0.2, 0.25) is 0 Å². The Hall–Kier alpha value is -1.70. The Bertz CT molecular complexity index is 396. The van der Waals surface area contributed by atoms with Crippen molar-refractivity contribution in [3.63, 3.8) is 0 Å². The number of ether oxygens (including phenoxy) is 1. The van der Waals surface area contributed by atoms with E-state index < -0.39 is 0 Å². The molecule has 3 aliphatic rings. The molecular formula is C11H9NO. The second-order valence-electron chi connectivity index (χ2n) is 3.20. The molecule has 0 fully saturated rings. The summed E-state index contributed by atoms with van der Waals surface area (Å²) in [5.41, 5.74) is 2.51. The summed E-state index contributed by atoms with van der Waals surface area (Å²) in [7, 11) is 0. The van der Waals surface area contributed by atoms with Crippen LogP contribution < -0.4 is 5.32 Å². The summed E-state index contributed by atoms with van der Waals surface area (Å²) in [6.45, 7) is 0. The Balaban J connectivity index is 2.10. The quantitative estimate of drug-likeness (QED) is 0.599. The van der Waals surface area contributed by atoms with Gasteiger partial charge < -0.3 is 10.1 Å². The molecule has 0 spiro atoms. The van der Waals surface area contributed by atoms with E-state index in [0.29, 0.717) is 6.04 Å². The number of hydrogen-bond donors (Lipinski definition) is 1. The van der Waals surface area contributed by atoms with Gasteiger partial charge in [-0.15, -0.1) is 0 Å². The topological polar surface area (TPSA) is 21.3 Å². The first-order valence-electron chi connectivity index (χ1n) is 4.33. The van der Waals surface area contributed by atoms with Crippen LogP contribution in [0.5, 0.6) is 0 Å². The highest BCUT2D eigenvalue weighted by Gasteiger charge is 2.26. The first-order valence-corrected chi connectivity index (χ1v) is 4.33. The number of rotatable bonds is 0. The van der Waals surface area contributed by atoms with Crippen LogP contribution in [0, 0.1) is 0 Å². The summed E-state index contributed by atoms with van der Waals surface area (Å²) in [6.07, 6.45) is 13.9. The van der Waals surface area contributed by atoms with Gasteiger partial charge in [-0.3, -0.25) is 0 Å². The van der Waals surface area contributed by atoms with Crippen LogP contribution in [0.25, 0.3) is 0 Å². The summed E-state index contributed by atoms with van der Waals surface area (Å²) >= 11 is 0. The van der Waals surface area contributed by atoms with Gasteiger partial charge in [-0.25, -0.2) is 0 Å². The van der Waals surface area contributed by atoms with Crippen LogP contribution in [0.4, 0.5) is 0 Å². The minimum Gasteiger partial charge on any atom is -0.465 e. The van der Waals surface area contributed by atoms with E-state index in [9.17, 15) is 0 Å². The minimum absolute atomic E-state index is 0.296. The molecule has 0 saturated carbocycles. The lowest BCUT2D eigenvalue weighted by atomic mass is 9.93. The Kier molecular flexibility index (Phi) is 1.25. The first-order chi connectivity index (χ1) is 6.45. The fourth-order valence-corrected chi connectivity index (χ4v) is 1.81. The molecule has 1 unspecified atom stereocenters. The molecule has 0 aromatic heterocycles. The zero-order valence-electron chi connectivity index (χ0n) is 7.03. The predicted octanol–water partition coefficient (Wildman–Crippen LogP) is 1.77. The summed E-state index contributed by atoms with van der Waals surface area (Å²) in [4.78, 5) is 0. The normalized spacial score (nSPS) is 27.7. The molecule has 1 aliphatic carbocycles. The smallest absolute Gasteiger partial charge is 0.132 e. The van der Waals surface area contributed by atoms with Crippen molar-refractivity contribution < 1.29 is 4.74 Å². The van der Waals surface area contributed by atoms with Crippen LogP contribution >= 0.6 is 0 Å². The highest BCUT2D eigenvalue weighted by Crippen LogP contribution is 2.31. The molecule has 1 N–H and O–H groups in total. The fourth-order valence-electron chi connectivity index (χ4n) is 1.81. The standard InChI is InChI=1S/C11H9NO/c1-2-9-10(13-7-1)4-3-8-5-6-12-11(8)9/h1-7,11-12H. The van der Waals surface area contributed by atoms with Gasteiger partial charge in [0.15, 0.2) is 0 Å². The summed E-state index contributed by atoms with van der Waals surface area (Å²) < 4.78 is 5.39. The number of hydrogen-bond acceptors (Lipinski definition) is 2. The van der Waals surface area contributed by atoms with Crippen molar-refractivity contribution in [3.8, 4) is 0 Å². The van der Waals surface area contributed by atoms with Crippen LogP contribution in [0.2, 0.25) is 0 Å². The molecule has 0 saturated heterocycles. The molecule has 0 radical (unpaired) electrons. The monoisotopic (exact) mass is 171 g/mol. The molecular weight excluding hydrogens is 162 g/mol. The molecule has 2 nitrogen and oxygen atoms in total. The van der Waals surface area contributed by atoms with Crippen LogP contribution in [-0.4, -0.2) is 6.04 Å². The zero-order chi connectivity index (χ0) is 8.67. The molecule has 0 aromatic carbocycles. The predicted molar refractivity (Wildman–Crippen MR) is 50.5 cm³/mol. The Labute approximate surface area is 76.6 Å². The van der Waals surface area contributed by atoms with Crippen molar-refractivity contribution >= 4 is 0 Å². The molecule has 0 aromatic rings. The molecule has 13 heavy (non-hydrogen) atoms. The molecule has 0 amide bonds. The van der Waals surface area contributed by atoms with Crippen molar-refractivity contribution in [1.82, 2.24) is 5.32 Å². The van der Waals surface area contributed by atoms with Gasteiger partial charge >= 0.3 is 0 Å². The highest BCUT2D eigenvalue weighted by atomic mass is 16.5. The summed E-state index contributed by atoms with van der Waals surface area (Å²) in [6, 6.07) is 0.296. The van der Waals surface area contributed by atoms with E-state index >= 15 is 0 Å². The van der Waals surface area contributed by atoms with E-state index in [1.165, 1.54) is 11.1 Å². The maximum absolute atomic E-state index is 5.39. The van der Waals surface area contributed by atoms with Crippen LogP contribution in [0.1, 0.15) is 0 Å². The SMILES string of the molecule is C1=COC2=CC=C3C=CNC3C2=C1. The Morgan fingerprint density at radius 1 is 1.23 bits per heavy atom. The van der Waals surface area contributed by atoms with Gasteiger partial charge in [0.05, 0.1) is 12.3 Å². The van der Waals surface area contributed by atoms with Gasteiger partial charge in [-0.1, -0.05) is 6.08 Å². The number of fused-ring (bicyclic) bond motifs is 3. The maximum atomic E-state index is 5.39. The third kappa shape index (κ3) is 0.886. The highest BCUT2D eigenvalue weighted by molar-refractivity contribution is 5.53. The van der Waals surface area contributed by atoms with E-state index in [1.54, 1.807) is 6.26 Å². The van der Waals surface area contributed by atoms with Crippen LogP contribution in [0.15, 0.2) is 59.7 Å². The largest absolute Gasteiger partial charge is 0.465 e. The lowest BCUT2D eigenvalue weighted by Gasteiger charge is -2.24. The van der Waals surface area contributed by atoms with Crippen LogP contribution in [-0.2, 0) is 4.74 Å². The first kappa shape index (κ1) is 6.78. The van der Waals surface area contributed by atoms with Gasteiger partial charge in [-0.05, 0) is 36.1 Å². The van der Waals surface area contributed by atoms with Gasteiger partial charge in [-0.2, -0.15) is 0 Å². The van der Waals surface area contributed by atoms with Gasteiger partial charge in [0, 0.05) is 5.57 Å². The van der Waals surface area contributed by atoms with Crippen molar-refractivity contribution in [2.75, 3.05) is 0 Å². The van der Waals surface area contributed by atoms with Crippen molar-refractivity contribution in [2.45, 2.75) is 6.04 Å². The molecule has 2 aliphatic heterocycles.